The second-order valence-electron chi connectivity index (χ2n) is 6.00. The molecule has 1 amide bonds. The van der Waals surface area contributed by atoms with E-state index in [0.717, 1.165) is 18.4 Å². The molecule has 0 aliphatic carbocycles. The summed E-state index contributed by atoms with van der Waals surface area (Å²) >= 11 is 0. The number of hydrogen-bond donors (Lipinski definition) is 1. The van der Waals surface area contributed by atoms with E-state index in [1.165, 1.54) is 10.4 Å². The number of tetrazole rings is 1. The fraction of sp³-hybridized carbons (Fsp3) is 0.263. The molecule has 0 saturated carbocycles. The predicted molar refractivity (Wildman–Crippen MR) is 95.6 cm³/mol. The molecule has 2 aromatic carbocycles. The molecule has 0 bridgehead atoms. The lowest BCUT2D eigenvalue weighted by atomic mass is 10.1. The Kier molecular flexibility index (Phi) is 5.51. The molecule has 3 aromatic rings. The Labute approximate surface area is 146 Å². The molecule has 25 heavy (non-hydrogen) atoms. The lowest BCUT2D eigenvalue weighted by Crippen LogP contribution is -2.35. The Morgan fingerprint density at radius 3 is 2.48 bits per heavy atom. The van der Waals surface area contributed by atoms with Crippen LogP contribution in [-0.4, -0.2) is 32.2 Å². The minimum Gasteiger partial charge on any atom is -0.352 e. The molecule has 0 saturated heterocycles. The predicted octanol–water partition coefficient (Wildman–Crippen LogP) is 2.48. The molecular formula is C19H21N5O. The van der Waals surface area contributed by atoms with Gasteiger partial charge < -0.3 is 5.32 Å². The highest BCUT2D eigenvalue weighted by Gasteiger charge is 2.11. The van der Waals surface area contributed by atoms with Crippen molar-refractivity contribution < 1.29 is 4.79 Å². The van der Waals surface area contributed by atoms with E-state index in [1.54, 1.807) is 0 Å². The van der Waals surface area contributed by atoms with Crippen LogP contribution in [0.2, 0.25) is 0 Å². The van der Waals surface area contributed by atoms with Gasteiger partial charge in [-0.3, -0.25) is 4.79 Å². The first-order valence-electron chi connectivity index (χ1n) is 8.37. The Morgan fingerprint density at radius 1 is 1.08 bits per heavy atom. The van der Waals surface area contributed by atoms with Crippen molar-refractivity contribution in [3.05, 3.63) is 66.2 Å². The number of aromatic nitrogens is 4. The van der Waals surface area contributed by atoms with E-state index in [9.17, 15) is 4.79 Å². The Morgan fingerprint density at radius 2 is 1.76 bits per heavy atom. The zero-order valence-electron chi connectivity index (χ0n) is 14.2. The second kappa shape index (κ2) is 8.19. The molecule has 1 heterocycles. The quantitative estimate of drug-likeness (QED) is 0.720. The van der Waals surface area contributed by atoms with Crippen molar-refractivity contribution in [3.8, 4) is 11.4 Å². The van der Waals surface area contributed by atoms with E-state index in [1.807, 2.05) is 55.5 Å². The second-order valence-corrected chi connectivity index (χ2v) is 6.00. The molecule has 1 aromatic heterocycles. The van der Waals surface area contributed by atoms with E-state index >= 15 is 0 Å². The minimum absolute atomic E-state index is 0.0650. The van der Waals surface area contributed by atoms with Crippen molar-refractivity contribution in [1.82, 2.24) is 25.5 Å². The molecule has 1 N–H and O–H groups in total. The van der Waals surface area contributed by atoms with Gasteiger partial charge in [0.1, 0.15) is 6.54 Å². The topological polar surface area (TPSA) is 72.7 Å². The number of amides is 1. The van der Waals surface area contributed by atoms with Crippen LogP contribution in [0.3, 0.4) is 0 Å². The maximum atomic E-state index is 12.1. The van der Waals surface area contributed by atoms with Crippen molar-refractivity contribution >= 4 is 5.91 Å². The van der Waals surface area contributed by atoms with Gasteiger partial charge in [0.2, 0.25) is 11.7 Å². The number of rotatable bonds is 7. The van der Waals surface area contributed by atoms with Gasteiger partial charge >= 0.3 is 0 Å². The fourth-order valence-corrected chi connectivity index (χ4v) is 2.56. The van der Waals surface area contributed by atoms with Crippen molar-refractivity contribution in [2.75, 3.05) is 0 Å². The van der Waals surface area contributed by atoms with Gasteiger partial charge in [-0.2, -0.15) is 4.80 Å². The van der Waals surface area contributed by atoms with Gasteiger partial charge in [0.15, 0.2) is 0 Å². The van der Waals surface area contributed by atoms with E-state index in [2.05, 4.69) is 32.9 Å². The normalized spacial score (nSPS) is 11.9. The van der Waals surface area contributed by atoms with Crippen molar-refractivity contribution in [1.29, 1.82) is 0 Å². The summed E-state index contributed by atoms with van der Waals surface area (Å²) in [4.78, 5) is 13.5. The largest absolute Gasteiger partial charge is 0.352 e. The molecule has 0 spiro atoms. The summed E-state index contributed by atoms with van der Waals surface area (Å²) in [6.45, 7) is 2.07. The molecule has 6 heteroatoms. The Balaban J connectivity index is 1.48. The molecule has 128 valence electrons. The van der Waals surface area contributed by atoms with Crippen LogP contribution < -0.4 is 5.32 Å². The van der Waals surface area contributed by atoms with Crippen LogP contribution in [-0.2, 0) is 17.8 Å². The summed E-state index contributed by atoms with van der Waals surface area (Å²) in [5.41, 5.74) is 2.15. The van der Waals surface area contributed by atoms with Gasteiger partial charge in [0.05, 0.1) is 0 Å². The zero-order chi connectivity index (χ0) is 17.5. The first-order chi connectivity index (χ1) is 12.2. The van der Waals surface area contributed by atoms with E-state index in [0.29, 0.717) is 5.82 Å². The van der Waals surface area contributed by atoms with Crippen LogP contribution in [0.1, 0.15) is 18.9 Å². The maximum absolute atomic E-state index is 12.1. The standard InChI is InChI=1S/C19H21N5O/c1-15(12-13-16-8-4-2-5-9-16)20-18(25)14-24-22-19(21-23-24)17-10-6-3-7-11-17/h2-11,15H,12-14H2,1H3,(H,20,25)/t15-/m1/s1. The molecule has 6 nitrogen and oxygen atoms in total. The lowest BCUT2D eigenvalue weighted by Gasteiger charge is -2.13. The van der Waals surface area contributed by atoms with Gasteiger partial charge in [0, 0.05) is 11.6 Å². The fourth-order valence-electron chi connectivity index (χ4n) is 2.56. The van der Waals surface area contributed by atoms with Gasteiger partial charge in [-0.25, -0.2) is 0 Å². The molecule has 0 aliphatic heterocycles. The van der Waals surface area contributed by atoms with E-state index in [-0.39, 0.29) is 18.5 Å². The van der Waals surface area contributed by atoms with Gasteiger partial charge in [-0.05, 0) is 30.5 Å². The smallest absolute Gasteiger partial charge is 0.243 e. The summed E-state index contributed by atoms with van der Waals surface area (Å²) in [7, 11) is 0. The SMILES string of the molecule is C[C@H](CCc1ccccc1)NC(=O)Cn1nnc(-c2ccccc2)n1. The van der Waals surface area contributed by atoms with Crippen LogP contribution in [0.5, 0.6) is 0 Å². The summed E-state index contributed by atoms with van der Waals surface area (Å²) in [5, 5.41) is 15.2. The van der Waals surface area contributed by atoms with Gasteiger partial charge in [-0.15, -0.1) is 10.2 Å². The average Bonchev–Trinajstić information content (AvgIpc) is 3.10. The van der Waals surface area contributed by atoms with Crippen LogP contribution in [0.4, 0.5) is 0 Å². The van der Waals surface area contributed by atoms with E-state index < -0.39 is 0 Å². The molecule has 0 fully saturated rings. The molecular weight excluding hydrogens is 314 g/mol. The third kappa shape index (κ3) is 4.97. The maximum Gasteiger partial charge on any atom is 0.243 e. The third-order valence-corrected chi connectivity index (χ3v) is 3.89. The average molecular weight is 335 g/mol. The number of nitrogens with one attached hydrogen (secondary N) is 1. The van der Waals surface area contributed by atoms with E-state index in [4.69, 9.17) is 0 Å². The van der Waals surface area contributed by atoms with Crippen molar-refractivity contribution in [2.45, 2.75) is 32.4 Å². The summed E-state index contributed by atoms with van der Waals surface area (Å²) in [6.07, 6.45) is 1.82. The lowest BCUT2D eigenvalue weighted by molar-refractivity contribution is -0.122. The van der Waals surface area contributed by atoms with Crippen LogP contribution >= 0.6 is 0 Å². The zero-order valence-corrected chi connectivity index (χ0v) is 14.2. The van der Waals surface area contributed by atoms with Crippen molar-refractivity contribution in [3.63, 3.8) is 0 Å². The molecule has 0 unspecified atom stereocenters. The minimum atomic E-state index is -0.113. The Bertz CT molecular complexity index is 801. The summed E-state index contributed by atoms with van der Waals surface area (Å²) < 4.78 is 0. The molecule has 0 aliphatic rings. The first-order valence-corrected chi connectivity index (χ1v) is 8.37. The highest BCUT2D eigenvalue weighted by molar-refractivity contribution is 5.75. The number of aryl methyl sites for hydroxylation is 1. The number of carbonyl (C=O) groups is 1. The van der Waals surface area contributed by atoms with Crippen molar-refractivity contribution in [2.24, 2.45) is 0 Å². The number of hydrogen-bond acceptors (Lipinski definition) is 4. The summed E-state index contributed by atoms with van der Waals surface area (Å²) in [5.74, 6) is 0.406. The molecule has 3 rings (SSSR count). The number of nitrogens with zero attached hydrogens (tertiary/aromatic N) is 4. The van der Waals surface area contributed by atoms with Gasteiger partial charge in [0.25, 0.3) is 0 Å². The van der Waals surface area contributed by atoms with Crippen LogP contribution in [0.15, 0.2) is 60.7 Å². The summed E-state index contributed by atoms with van der Waals surface area (Å²) in [6, 6.07) is 19.9. The highest BCUT2D eigenvalue weighted by atomic mass is 16.2. The molecule has 0 radical (unpaired) electrons. The number of benzene rings is 2. The third-order valence-electron chi connectivity index (χ3n) is 3.89. The highest BCUT2D eigenvalue weighted by Crippen LogP contribution is 2.11. The molecule has 1 atom stereocenters. The van der Waals surface area contributed by atoms with Crippen LogP contribution in [0, 0.1) is 0 Å². The first kappa shape index (κ1) is 16.8. The monoisotopic (exact) mass is 335 g/mol. The number of carbonyl (C=O) groups excluding carboxylic acids is 1. The van der Waals surface area contributed by atoms with Crippen LogP contribution in [0.25, 0.3) is 11.4 Å². The Hall–Kier alpha value is -3.02. The van der Waals surface area contributed by atoms with Gasteiger partial charge in [-0.1, -0.05) is 60.7 Å².